The normalized spacial score (nSPS) is 15.9. The van der Waals surface area contributed by atoms with Crippen LogP contribution >= 0.6 is 0 Å². The lowest BCUT2D eigenvalue weighted by Crippen LogP contribution is -2.37. The van der Waals surface area contributed by atoms with Crippen LogP contribution in [0.3, 0.4) is 0 Å². The lowest BCUT2D eigenvalue weighted by molar-refractivity contribution is 0.0690. The third-order valence-electron chi connectivity index (χ3n) is 6.25. The zero-order valence-corrected chi connectivity index (χ0v) is 19.1. The molecule has 1 saturated heterocycles. The van der Waals surface area contributed by atoms with E-state index < -0.39 is 5.97 Å². The molecule has 10 heteroatoms. The highest BCUT2D eigenvalue weighted by molar-refractivity contribution is 5.86. The van der Waals surface area contributed by atoms with Gasteiger partial charge in [0.1, 0.15) is 11.5 Å². The minimum absolute atomic E-state index is 0.0107. The molecule has 1 saturated carbocycles. The standard InChI is InChI=1S/C25H25N7O3/c33-24(34)21-6-4-19(13-26-21)27-23-12-22(28-25(29-23)31-7-9-35-10-8-31)17-3-5-20-18(11-17)15-32(30-20)14-16-1-2-16/h3-6,11-13,15-16H,1-2,7-10,14H2,(H,33,34)(H,27,28,29). The maximum absolute atomic E-state index is 11.1. The molecule has 35 heavy (non-hydrogen) atoms. The number of hydrogen-bond donors (Lipinski definition) is 2. The predicted octanol–water partition coefficient (Wildman–Crippen LogP) is 3.58. The van der Waals surface area contributed by atoms with Gasteiger partial charge < -0.3 is 20.1 Å². The Hall–Kier alpha value is -4.05. The largest absolute Gasteiger partial charge is 0.477 e. The van der Waals surface area contributed by atoms with Crippen LogP contribution in [-0.2, 0) is 11.3 Å². The number of aromatic nitrogens is 5. The van der Waals surface area contributed by atoms with Crippen molar-refractivity contribution in [1.29, 1.82) is 0 Å². The molecule has 1 aliphatic carbocycles. The lowest BCUT2D eigenvalue weighted by atomic mass is 10.1. The number of carboxylic acid groups (broad SMARTS) is 1. The van der Waals surface area contributed by atoms with E-state index in [1.165, 1.54) is 25.1 Å². The Bertz CT molecular complexity index is 1380. The smallest absolute Gasteiger partial charge is 0.354 e. The lowest BCUT2D eigenvalue weighted by Gasteiger charge is -2.27. The number of pyridine rings is 1. The van der Waals surface area contributed by atoms with Gasteiger partial charge in [-0.1, -0.05) is 6.07 Å². The second-order valence-electron chi connectivity index (χ2n) is 8.97. The van der Waals surface area contributed by atoms with Crippen molar-refractivity contribution in [3.05, 3.63) is 54.5 Å². The fourth-order valence-corrected chi connectivity index (χ4v) is 4.19. The Labute approximate surface area is 201 Å². The van der Waals surface area contributed by atoms with Gasteiger partial charge in [0.05, 0.1) is 36.3 Å². The van der Waals surface area contributed by atoms with Crippen LogP contribution in [0.4, 0.5) is 17.5 Å². The van der Waals surface area contributed by atoms with Crippen LogP contribution in [0.2, 0.25) is 0 Å². The van der Waals surface area contributed by atoms with Crippen molar-refractivity contribution in [2.24, 2.45) is 5.92 Å². The number of ether oxygens (including phenoxy) is 1. The van der Waals surface area contributed by atoms with Crippen LogP contribution in [0.1, 0.15) is 23.3 Å². The maximum Gasteiger partial charge on any atom is 0.354 e. The molecule has 4 heterocycles. The average Bonchev–Trinajstić information content (AvgIpc) is 3.60. The fourth-order valence-electron chi connectivity index (χ4n) is 4.19. The van der Waals surface area contributed by atoms with Crippen LogP contribution in [0.15, 0.2) is 48.8 Å². The number of carboxylic acids is 1. The number of fused-ring (bicyclic) bond motifs is 1. The van der Waals surface area contributed by atoms with Crippen molar-refractivity contribution in [1.82, 2.24) is 24.7 Å². The summed E-state index contributed by atoms with van der Waals surface area (Å²) in [6.07, 6.45) is 6.17. The maximum atomic E-state index is 11.1. The summed E-state index contributed by atoms with van der Waals surface area (Å²) in [5.41, 5.74) is 3.37. The average molecular weight is 472 g/mol. The Morgan fingerprint density at radius 1 is 1.11 bits per heavy atom. The summed E-state index contributed by atoms with van der Waals surface area (Å²) in [6, 6.07) is 11.2. The molecule has 3 aromatic heterocycles. The number of anilines is 3. The molecule has 0 amide bonds. The van der Waals surface area contributed by atoms with Gasteiger partial charge in [0.25, 0.3) is 0 Å². The van der Waals surface area contributed by atoms with E-state index in [2.05, 4.69) is 27.5 Å². The SMILES string of the molecule is O=C(O)c1ccc(Nc2cc(-c3ccc4nn(CC5CC5)cc4c3)nc(N3CCOCC3)n2)cn1. The first-order valence-electron chi connectivity index (χ1n) is 11.8. The van der Waals surface area contributed by atoms with E-state index in [1.54, 1.807) is 6.07 Å². The Balaban J connectivity index is 1.34. The first kappa shape index (κ1) is 21.5. The van der Waals surface area contributed by atoms with Gasteiger partial charge in [0.2, 0.25) is 5.95 Å². The Morgan fingerprint density at radius 3 is 2.71 bits per heavy atom. The Kier molecular flexibility index (Phi) is 5.49. The van der Waals surface area contributed by atoms with Crippen molar-refractivity contribution >= 4 is 34.3 Å². The zero-order chi connectivity index (χ0) is 23.8. The van der Waals surface area contributed by atoms with E-state index >= 15 is 0 Å². The molecule has 0 radical (unpaired) electrons. The summed E-state index contributed by atoms with van der Waals surface area (Å²) in [5, 5.41) is 18.1. The Morgan fingerprint density at radius 2 is 1.97 bits per heavy atom. The number of rotatable bonds is 7. The van der Waals surface area contributed by atoms with Gasteiger partial charge in [-0.05, 0) is 43.0 Å². The third-order valence-corrected chi connectivity index (χ3v) is 6.25. The molecule has 2 aliphatic rings. The first-order chi connectivity index (χ1) is 17.1. The van der Waals surface area contributed by atoms with Crippen molar-refractivity contribution in [3.8, 4) is 11.3 Å². The molecule has 2 fully saturated rings. The van der Waals surface area contributed by atoms with Gasteiger partial charge in [-0.3, -0.25) is 4.68 Å². The molecule has 0 spiro atoms. The van der Waals surface area contributed by atoms with E-state index in [9.17, 15) is 4.79 Å². The fraction of sp³-hybridized carbons (Fsp3) is 0.320. The number of benzene rings is 1. The first-order valence-corrected chi connectivity index (χ1v) is 11.8. The van der Waals surface area contributed by atoms with Crippen molar-refractivity contribution < 1.29 is 14.6 Å². The quantitative estimate of drug-likeness (QED) is 0.417. The molecule has 10 nitrogen and oxygen atoms in total. The van der Waals surface area contributed by atoms with Gasteiger partial charge in [-0.25, -0.2) is 14.8 Å². The molecule has 0 bridgehead atoms. The van der Waals surface area contributed by atoms with E-state index in [-0.39, 0.29) is 5.69 Å². The number of morpholine rings is 1. The molecule has 6 rings (SSSR count). The minimum atomic E-state index is -1.06. The number of hydrogen-bond acceptors (Lipinski definition) is 8. The molecule has 178 valence electrons. The molecule has 1 aromatic carbocycles. The summed E-state index contributed by atoms with van der Waals surface area (Å²) in [5.74, 6) is 0.916. The van der Waals surface area contributed by atoms with E-state index in [1.807, 2.05) is 22.9 Å². The zero-order valence-electron chi connectivity index (χ0n) is 19.1. The third kappa shape index (κ3) is 4.78. The summed E-state index contributed by atoms with van der Waals surface area (Å²) in [4.78, 5) is 26.8. The second kappa shape index (κ2) is 8.95. The van der Waals surface area contributed by atoms with Crippen LogP contribution in [0.25, 0.3) is 22.2 Å². The van der Waals surface area contributed by atoms with Crippen LogP contribution < -0.4 is 10.2 Å². The van der Waals surface area contributed by atoms with E-state index in [0.717, 1.165) is 34.6 Å². The molecule has 2 N–H and O–H groups in total. The summed E-state index contributed by atoms with van der Waals surface area (Å²) < 4.78 is 7.54. The van der Waals surface area contributed by atoms with Crippen LogP contribution in [-0.4, -0.2) is 62.1 Å². The minimum Gasteiger partial charge on any atom is -0.477 e. The molecule has 0 atom stereocenters. The summed E-state index contributed by atoms with van der Waals surface area (Å²) in [7, 11) is 0. The van der Waals surface area contributed by atoms with Crippen molar-refractivity contribution in [2.45, 2.75) is 19.4 Å². The number of carbonyl (C=O) groups is 1. The van der Waals surface area contributed by atoms with Crippen molar-refractivity contribution in [2.75, 3.05) is 36.5 Å². The summed E-state index contributed by atoms with van der Waals surface area (Å²) >= 11 is 0. The van der Waals surface area contributed by atoms with E-state index in [4.69, 9.17) is 24.9 Å². The molecule has 1 aliphatic heterocycles. The topological polar surface area (TPSA) is 118 Å². The van der Waals surface area contributed by atoms with Gasteiger partial charge >= 0.3 is 5.97 Å². The number of nitrogens with zero attached hydrogens (tertiary/aromatic N) is 6. The second-order valence-corrected chi connectivity index (χ2v) is 8.97. The van der Waals surface area contributed by atoms with Gasteiger partial charge in [-0.2, -0.15) is 10.1 Å². The molecule has 4 aromatic rings. The van der Waals surface area contributed by atoms with Crippen LogP contribution in [0.5, 0.6) is 0 Å². The molecule has 0 unspecified atom stereocenters. The van der Waals surface area contributed by atoms with Gasteiger partial charge in [0.15, 0.2) is 0 Å². The van der Waals surface area contributed by atoms with Gasteiger partial charge in [0, 0.05) is 42.8 Å². The highest BCUT2D eigenvalue weighted by Gasteiger charge is 2.22. The molecular weight excluding hydrogens is 446 g/mol. The van der Waals surface area contributed by atoms with E-state index in [0.29, 0.717) is 43.8 Å². The summed E-state index contributed by atoms with van der Waals surface area (Å²) in [6.45, 7) is 3.66. The highest BCUT2D eigenvalue weighted by Crippen LogP contribution is 2.32. The number of aromatic carboxylic acids is 1. The molecular formula is C25H25N7O3. The monoisotopic (exact) mass is 471 g/mol. The number of nitrogens with one attached hydrogen (secondary N) is 1. The van der Waals surface area contributed by atoms with Gasteiger partial charge in [-0.15, -0.1) is 0 Å². The highest BCUT2D eigenvalue weighted by atomic mass is 16.5. The van der Waals surface area contributed by atoms with Crippen molar-refractivity contribution in [3.63, 3.8) is 0 Å². The van der Waals surface area contributed by atoms with Crippen LogP contribution in [0, 0.1) is 5.92 Å². The predicted molar refractivity (Wildman–Crippen MR) is 131 cm³/mol.